The van der Waals surface area contributed by atoms with Crippen LogP contribution in [-0.2, 0) is 4.79 Å². The van der Waals surface area contributed by atoms with Gasteiger partial charge in [0.1, 0.15) is 5.75 Å². The molecule has 0 saturated heterocycles. The molecule has 1 aromatic carbocycles. The molecule has 0 atom stereocenters. The Labute approximate surface area is 180 Å². The molecule has 0 spiro atoms. The average molecular weight is 427 g/mol. The lowest BCUT2D eigenvalue weighted by molar-refractivity contribution is -0.115. The summed E-state index contributed by atoms with van der Waals surface area (Å²) >= 11 is 1.57. The molecule has 8 heteroatoms. The second-order valence-corrected chi connectivity index (χ2v) is 8.38. The number of anilines is 1. The number of ether oxygens (including phenoxy) is 1. The summed E-state index contributed by atoms with van der Waals surface area (Å²) in [5.74, 6) is 2.88. The fraction of sp³-hybridized carbons (Fsp3) is 0.409. The number of benzene rings is 1. The second kappa shape index (κ2) is 9.84. The molecular weight excluding hydrogens is 400 g/mol. The van der Waals surface area contributed by atoms with Crippen molar-refractivity contribution >= 4 is 23.4 Å². The Bertz CT molecular complexity index is 947. The predicted octanol–water partition coefficient (Wildman–Crippen LogP) is 5.17. The first-order valence-electron chi connectivity index (χ1n) is 10.3. The molecular formula is C22H26N4O3S. The Kier molecular flexibility index (Phi) is 6.74. The number of nitrogens with zero attached hydrogens (tertiary/aromatic N) is 3. The average Bonchev–Trinajstić information content (AvgIpc) is 3.45. The molecule has 0 unspecified atom stereocenters. The quantitative estimate of drug-likeness (QED) is 0.500. The summed E-state index contributed by atoms with van der Waals surface area (Å²) in [7, 11) is 1.62. The van der Waals surface area contributed by atoms with E-state index in [-0.39, 0.29) is 5.91 Å². The molecule has 4 rings (SSSR count). The first kappa shape index (κ1) is 20.5. The topological polar surface area (TPSA) is 82.2 Å². The van der Waals surface area contributed by atoms with Gasteiger partial charge in [0.05, 0.1) is 13.4 Å². The van der Waals surface area contributed by atoms with Gasteiger partial charge in [0.2, 0.25) is 11.7 Å². The summed E-state index contributed by atoms with van der Waals surface area (Å²) in [6, 6.07) is 11.5. The van der Waals surface area contributed by atoms with Crippen molar-refractivity contribution in [3.63, 3.8) is 0 Å². The molecule has 1 amide bonds. The molecule has 3 aromatic rings. The van der Waals surface area contributed by atoms with Crippen LogP contribution in [0.25, 0.3) is 11.6 Å². The maximum Gasteiger partial charge on any atom is 0.225 e. The van der Waals surface area contributed by atoms with Crippen LogP contribution in [0.3, 0.4) is 0 Å². The number of carbonyl (C=O) groups is 1. The van der Waals surface area contributed by atoms with Crippen molar-refractivity contribution in [2.24, 2.45) is 0 Å². The Balaban J connectivity index is 1.39. The number of thioether (sulfide) groups is 1. The molecule has 1 fully saturated rings. The molecule has 0 aliphatic heterocycles. The number of amides is 1. The number of aromatic nitrogens is 3. The lowest BCUT2D eigenvalue weighted by atomic mass is 9.95. The highest BCUT2D eigenvalue weighted by Gasteiger charge is 2.25. The lowest BCUT2D eigenvalue weighted by Gasteiger charge is -2.25. The Morgan fingerprint density at radius 1 is 1.20 bits per heavy atom. The molecule has 0 radical (unpaired) electrons. The third-order valence-corrected chi connectivity index (χ3v) is 6.22. The number of methoxy groups -OCH3 is 1. The van der Waals surface area contributed by atoms with E-state index in [1.54, 1.807) is 25.1 Å². The minimum atomic E-state index is -0.0253. The number of hydrogen-bond donors (Lipinski definition) is 1. The van der Waals surface area contributed by atoms with Gasteiger partial charge in [-0.2, -0.15) is 0 Å². The van der Waals surface area contributed by atoms with Crippen LogP contribution in [0.5, 0.6) is 5.75 Å². The first-order valence-corrected chi connectivity index (χ1v) is 11.3. The summed E-state index contributed by atoms with van der Waals surface area (Å²) < 4.78 is 12.9. The van der Waals surface area contributed by atoms with E-state index in [1.807, 2.05) is 36.4 Å². The smallest absolute Gasteiger partial charge is 0.225 e. The summed E-state index contributed by atoms with van der Waals surface area (Å²) in [6.07, 6.45) is 8.01. The van der Waals surface area contributed by atoms with Crippen LogP contribution >= 0.6 is 11.8 Å². The third-order valence-electron chi connectivity index (χ3n) is 5.28. The molecule has 30 heavy (non-hydrogen) atoms. The van der Waals surface area contributed by atoms with E-state index in [0.29, 0.717) is 18.2 Å². The van der Waals surface area contributed by atoms with Crippen LogP contribution < -0.4 is 10.1 Å². The van der Waals surface area contributed by atoms with Crippen LogP contribution in [0.15, 0.2) is 52.2 Å². The van der Waals surface area contributed by atoms with Crippen molar-refractivity contribution in [1.82, 2.24) is 14.8 Å². The molecule has 1 N–H and O–H groups in total. The highest BCUT2D eigenvalue weighted by Crippen LogP contribution is 2.35. The SMILES string of the molecule is COc1ccc(NC(=O)CCSc2nnc(-c3ccco3)n2C2CCCCC2)cc1. The van der Waals surface area contributed by atoms with Crippen molar-refractivity contribution < 1.29 is 13.9 Å². The number of rotatable bonds is 8. The van der Waals surface area contributed by atoms with Gasteiger partial charge < -0.3 is 14.5 Å². The molecule has 1 aliphatic carbocycles. The van der Waals surface area contributed by atoms with Crippen LogP contribution in [0.1, 0.15) is 44.6 Å². The van der Waals surface area contributed by atoms with Crippen LogP contribution in [0, 0.1) is 0 Å². The summed E-state index contributed by atoms with van der Waals surface area (Å²) in [5.41, 5.74) is 0.760. The second-order valence-electron chi connectivity index (χ2n) is 7.32. The summed E-state index contributed by atoms with van der Waals surface area (Å²) in [6.45, 7) is 0. The van der Waals surface area contributed by atoms with Crippen molar-refractivity contribution in [1.29, 1.82) is 0 Å². The van der Waals surface area contributed by atoms with Gasteiger partial charge in [0.15, 0.2) is 10.9 Å². The number of carbonyl (C=O) groups excluding carboxylic acids is 1. The zero-order valence-electron chi connectivity index (χ0n) is 17.0. The maximum atomic E-state index is 12.3. The van der Waals surface area contributed by atoms with Gasteiger partial charge in [-0.25, -0.2) is 0 Å². The Morgan fingerprint density at radius 2 is 2.00 bits per heavy atom. The van der Waals surface area contributed by atoms with Gasteiger partial charge in [0, 0.05) is 23.9 Å². The number of nitrogens with one attached hydrogen (secondary N) is 1. The molecule has 2 aromatic heterocycles. The normalized spacial score (nSPS) is 14.6. The van der Waals surface area contributed by atoms with Crippen molar-refractivity contribution in [3.8, 4) is 17.3 Å². The van der Waals surface area contributed by atoms with Gasteiger partial charge >= 0.3 is 0 Å². The summed E-state index contributed by atoms with van der Waals surface area (Å²) in [4.78, 5) is 12.3. The lowest BCUT2D eigenvalue weighted by Crippen LogP contribution is -2.15. The van der Waals surface area contributed by atoms with Gasteiger partial charge in [-0.1, -0.05) is 31.0 Å². The maximum absolute atomic E-state index is 12.3. The van der Waals surface area contributed by atoms with Crippen molar-refractivity contribution in [2.45, 2.75) is 49.7 Å². The molecule has 1 aliphatic rings. The highest BCUT2D eigenvalue weighted by molar-refractivity contribution is 7.99. The molecule has 2 heterocycles. The minimum absolute atomic E-state index is 0.0253. The van der Waals surface area contributed by atoms with Crippen LogP contribution in [0.2, 0.25) is 0 Å². The third kappa shape index (κ3) is 4.87. The van der Waals surface area contributed by atoms with E-state index in [0.717, 1.165) is 41.0 Å². The predicted molar refractivity (Wildman–Crippen MR) is 117 cm³/mol. The highest BCUT2D eigenvalue weighted by atomic mass is 32.2. The van der Waals surface area contributed by atoms with Gasteiger partial charge in [-0.05, 0) is 49.2 Å². The van der Waals surface area contributed by atoms with E-state index >= 15 is 0 Å². The van der Waals surface area contributed by atoms with Crippen LogP contribution in [-0.4, -0.2) is 33.5 Å². The van der Waals surface area contributed by atoms with E-state index < -0.39 is 0 Å². The zero-order valence-corrected chi connectivity index (χ0v) is 17.9. The monoisotopic (exact) mass is 426 g/mol. The molecule has 1 saturated carbocycles. The van der Waals surface area contributed by atoms with E-state index in [2.05, 4.69) is 20.1 Å². The number of furan rings is 1. The standard InChI is InChI=1S/C22H26N4O3S/c1-28-18-11-9-16(10-12-18)23-20(27)13-15-30-22-25-24-21(19-8-5-14-29-19)26(22)17-6-3-2-4-7-17/h5,8-12,14,17H,2-4,6-7,13,15H2,1H3,(H,23,27). The minimum Gasteiger partial charge on any atom is -0.497 e. The fourth-order valence-corrected chi connectivity index (χ4v) is 4.69. The van der Waals surface area contributed by atoms with Crippen molar-refractivity contribution in [2.75, 3.05) is 18.2 Å². The molecule has 158 valence electrons. The van der Waals surface area contributed by atoms with Crippen LogP contribution in [0.4, 0.5) is 5.69 Å². The fourth-order valence-electron chi connectivity index (χ4n) is 3.75. The van der Waals surface area contributed by atoms with Gasteiger partial charge in [0.25, 0.3) is 0 Å². The first-order chi connectivity index (χ1) is 14.7. The molecule has 0 bridgehead atoms. The largest absolute Gasteiger partial charge is 0.497 e. The summed E-state index contributed by atoms with van der Waals surface area (Å²) in [5, 5.41) is 12.6. The van der Waals surface area contributed by atoms with E-state index in [1.165, 1.54) is 19.3 Å². The van der Waals surface area contributed by atoms with E-state index in [9.17, 15) is 4.79 Å². The van der Waals surface area contributed by atoms with Gasteiger partial charge in [-0.15, -0.1) is 10.2 Å². The zero-order chi connectivity index (χ0) is 20.8. The Morgan fingerprint density at radius 3 is 2.70 bits per heavy atom. The van der Waals surface area contributed by atoms with Gasteiger partial charge in [-0.3, -0.25) is 9.36 Å². The van der Waals surface area contributed by atoms with E-state index in [4.69, 9.17) is 9.15 Å². The number of hydrogen-bond acceptors (Lipinski definition) is 6. The van der Waals surface area contributed by atoms with Crippen molar-refractivity contribution in [3.05, 3.63) is 42.7 Å². The molecule has 7 nitrogen and oxygen atoms in total. The Hall–Kier alpha value is -2.74.